The Hall–Kier alpha value is -2.74. The van der Waals surface area contributed by atoms with Gasteiger partial charge in [-0.05, 0) is 36.7 Å². The fourth-order valence-electron chi connectivity index (χ4n) is 2.20. The number of aryl methyl sites for hydroxylation is 1. The van der Waals surface area contributed by atoms with Crippen LogP contribution < -0.4 is 5.32 Å². The van der Waals surface area contributed by atoms with E-state index < -0.39 is 17.6 Å². The van der Waals surface area contributed by atoms with Gasteiger partial charge in [-0.1, -0.05) is 40.4 Å². The lowest BCUT2D eigenvalue weighted by Crippen LogP contribution is -2.13. The van der Waals surface area contributed by atoms with Crippen LogP contribution in [-0.2, 0) is 6.18 Å². The van der Waals surface area contributed by atoms with E-state index in [1.165, 1.54) is 12.1 Å². The lowest BCUT2D eigenvalue weighted by atomic mass is 10.1. The van der Waals surface area contributed by atoms with Crippen molar-refractivity contribution < 1.29 is 18.0 Å². The van der Waals surface area contributed by atoms with E-state index in [4.69, 9.17) is 0 Å². The smallest absolute Gasteiger partial charge is 0.321 e. The van der Waals surface area contributed by atoms with E-state index in [0.29, 0.717) is 11.3 Å². The highest BCUT2D eigenvalue weighted by atomic mass is 32.1. The number of nitrogens with one attached hydrogen (secondary N) is 1. The van der Waals surface area contributed by atoms with Gasteiger partial charge in [-0.3, -0.25) is 4.79 Å². The number of anilines is 1. The Bertz CT molecular complexity index is 904. The van der Waals surface area contributed by atoms with Crippen LogP contribution in [0.25, 0.3) is 11.3 Å². The molecule has 0 aliphatic carbocycles. The summed E-state index contributed by atoms with van der Waals surface area (Å²) >= 11 is 0.890. The molecule has 4 nitrogen and oxygen atoms in total. The third-order valence-corrected chi connectivity index (χ3v) is 4.19. The van der Waals surface area contributed by atoms with Gasteiger partial charge >= 0.3 is 6.18 Å². The molecule has 3 rings (SSSR count). The van der Waals surface area contributed by atoms with Gasteiger partial charge < -0.3 is 5.32 Å². The number of carbonyl (C=O) groups is 1. The van der Waals surface area contributed by atoms with Gasteiger partial charge in [0.15, 0.2) is 0 Å². The highest BCUT2D eigenvalue weighted by Gasteiger charge is 2.30. The SMILES string of the molecule is Cc1ccc(-c2nnsc2C(=O)Nc2cccc(C(F)(F)F)c2)cc1. The largest absolute Gasteiger partial charge is 0.416 e. The van der Waals surface area contributed by atoms with Gasteiger partial charge in [0.1, 0.15) is 10.6 Å². The van der Waals surface area contributed by atoms with E-state index in [2.05, 4.69) is 14.9 Å². The van der Waals surface area contributed by atoms with Crippen LogP contribution >= 0.6 is 11.5 Å². The van der Waals surface area contributed by atoms with Crippen molar-refractivity contribution in [2.24, 2.45) is 0 Å². The molecule has 0 aliphatic heterocycles. The van der Waals surface area contributed by atoms with Gasteiger partial charge in [-0.15, -0.1) is 5.10 Å². The van der Waals surface area contributed by atoms with Crippen LogP contribution in [0.15, 0.2) is 48.5 Å². The lowest BCUT2D eigenvalue weighted by Gasteiger charge is -2.09. The Morgan fingerprint density at radius 1 is 1.12 bits per heavy atom. The summed E-state index contributed by atoms with van der Waals surface area (Å²) in [6.07, 6.45) is -4.47. The molecule has 128 valence electrons. The quantitative estimate of drug-likeness (QED) is 0.728. The highest BCUT2D eigenvalue weighted by molar-refractivity contribution is 7.08. The molecule has 0 fully saturated rings. The highest BCUT2D eigenvalue weighted by Crippen LogP contribution is 2.31. The molecular formula is C17H12F3N3OS. The molecule has 0 saturated carbocycles. The van der Waals surface area contributed by atoms with Crippen LogP contribution in [0.2, 0.25) is 0 Å². The van der Waals surface area contributed by atoms with Crippen molar-refractivity contribution in [3.63, 3.8) is 0 Å². The van der Waals surface area contributed by atoms with Crippen molar-refractivity contribution >= 4 is 23.1 Å². The average molecular weight is 363 g/mol. The van der Waals surface area contributed by atoms with Crippen molar-refractivity contribution in [2.75, 3.05) is 5.32 Å². The lowest BCUT2D eigenvalue weighted by molar-refractivity contribution is -0.137. The monoisotopic (exact) mass is 363 g/mol. The fourth-order valence-corrected chi connectivity index (χ4v) is 2.78. The Kier molecular flexibility index (Phi) is 4.54. The number of hydrogen-bond donors (Lipinski definition) is 1. The van der Waals surface area contributed by atoms with Crippen LogP contribution in [0.5, 0.6) is 0 Å². The molecule has 3 aromatic rings. The Morgan fingerprint density at radius 3 is 2.52 bits per heavy atom. The minimum atomic E-state index is -4.47. The Balaban J connectivity index is 1.86. The zero-order valence-corrected chi connectivity index (χ0v) is 13.8. The number of alkyl halides is 3. The molecule has 1 aromatic heterocycles. The Morgan fingerprint density at radius 2 is 1.84 bits per heavy atom. The van der Waals surface area contributed by atoms with E-state index in [9.17, 15) is 18.0 Å². The van der Waals surface area contributed by atoms with Crippen LogP contribution in [0.1, 0.15) is 20.8 Å². The molecule has 1 amide bonds. The van der Waals surface area contributed by atoms with Gasteiger partial charge in [0.25, 0.3) is 5.91 Å². The summed E-state index contributed by atoms with van der Waals surface area (Å²) in [6, 6.07) is 11.9. The molecule has 0 spiro atoms. The summed E-state index contributed by atoms with van der Waals surface area (Å²) < 4.78 is 42.1. The number of benzene rings is 2. The second kappa shape index (κ2) is 6.64. The minimum Gasteiger partial charge on any atom is -0.321 e. The van der Waals surface area contributed by atoms with Crippen LogP contribution in [-0.4, -0.2) is 15.5 Å². The number of aromatic nitrogens is 2. The third-order valence-electron chi connectivity index (χ3n) is 3.47. The van der Waals surface area contributed by atoms with Crippen molar-refractivity contribution in [1.82, 2.24) is 9.59 Å². The zero-order chi connectivity index (χ0) is 18.0. The summed E-state index contributed by atoms with van der Waals surface area (Å²) in [6.45, 7) is 1.93. The van der Waals surface area contributed by atoms with E-state index in [1.807, 2.05) is 31.2 Å². The maximum atomic E-state index is 12.8. The van der Waals surface area contributed by atoms with Gasteiger partial charge in [0, 0.05) is 11.3 Å². The summed E-state index contributed by atoms with van der Waals surface area (Å²) in [7, 11) is 0. The summed E-state index contributed by atoms with van der Waals surface area (Å²) in [5, 5.41) is 6.43. The second-order valence-electron chi connectivity index (χ2n) is 5.35. The molecule has 8 heteroatoms. The molecule has 1 heterocycles. The normalized spacial score (nSPS) is 11.4. The van der Waals surface area contributed by atoms with E-state index in [-0.39, 0.29) is 10.6 Å². The van der Waals surface area contributed by atoms with Gasteiger partial charge in [0.05, 0.1) is 5.56 Å². The van der Waals surface area contributed by atoms with Gasteiger partial charge in [0.2, 0.25) is 0 Å². The topological polar surface area (TPSA) is 54.9 Å². The molecule has 0 saturated heterocycles. The minimum absolute atomic E-state index is 0.0584. The fraction of sp³-hybridized carbons (Fsp3) is 0.118. The number of carbonyl (C=O) groups excluding carboxylic acids is 1. The molecule has 0 atom stereocenters. The van der Waals surface area contributed by atoms with Crippen molar-refractivity contribution in [2.45, 2.75) is 13.1 Å². The van der Waals surface area contributed by atoms with Gasteiger partial charge in [-0.2, -0.15) is 13.2 Å². The summed E-state index contributed by atoms with van der Waals surface area (Å²) in [5.41, 5.74) is 1.40. The van der Waals surface area contributed by atoms with Crippen molar-refractivity contribution in [1.29, 1.82) is 0 Å². The number of nitrogens with zero attached hydrogens (tertiary/aromatic N) is 2. The van der Waals surface area contributed by atoms with E-state index in [0.717, 1.165) is 29.2 Å². The standard InChI is InChI=1S/C17H12F3N3OS/c1-10-5-7-11(8-6-10)14-15(25-23-22-14)16(24)21-13-4-2-3-12(9-13)17(18,19)20/h2-9H,1H3,(H,21,24). The summed E-state index contributed by atoms with van der Waals surface area (Å²) in [5.74, 6) is -0.551. The van der Waals surface area contributed by atoms with Crippen molar-refractivity contribution in [3.05, 3.63) is 64.5 Å². The van der Waals surface area contributed by atoms with Gasteiger partial charge in [-0.25, -0.2) is 0 Å². The first-order valence-electron chi connectivity index (χ1n) is 7.22. The van der Waals surface area contributed by atoms with Crippen LogP contribution in [0, 0.1) is 6.92 Å². The molecule has 0 bridgehead atoms. The average Bonchev–Trinajstić information content (AvgIpc) is 3.05. The van der Waals surface area contributed by atoms with E-state index in [1.54, 1.807) is 0 Å². The first-order chi connectivity index (χ1) is 11.8. The summed E-state index contributed by atoms with van der Waals surface area (Å²) in [4.78, 5) is 12.7. The van der Waals surface area contributed by atoms with Crippen molar-refractivity contribution in [3.8, 4) is 11.3 Å². The first-order valence-corrected chi connectivity index (χ1v) is 8.00. The number of amides is 1. The molecule has 1 N–H and O–H groups in total. The predicted octanol–water partition coefficient (Wildman–Crippen LogP) is 4.78. The van der Waals surface area contributed by atoms with Crippen LogP contribution in [0.4, 0.5) is 18.9 Å². The maximum Gasteiger partial charge on any atom is 0.416 e. The molecule has 0 aliphatic rings. The maximum absolute atomic E-state index is 12.8. The number of hydrogen-bond acceptors (Lipinski definition) is 4. The second-order valence-corrected chi connectivity index (χ2v) is 6.10. The molecule has 0 unspecified atom stereocenters. The Labute approximate surface area is 145 Å². The van der Waals surface area contributed by atoms with Crippen LogP contribution in [0.3, 0.4) is 0 Å². The molecular weight excluding hydrogens is 351 g/mol. The third kappa shape index (κ3) is 3.85. The molecule has 2 aromatic carbocycles. The van der Waals surface area contributed by atoms with E-state index >= 15 is 0 Å². The number of halogens is 3. The zero-order valence-electron chi connectivity index (χ0n) is 13.0. The number of rotatable bonds is 3. The molecule has 25 heavy (non-hydrogen) atoms. The molecule has 0 radical (unpaired) electrons. The predicted molar refractivity (Wildman–Crippen MR) is 89.5 cm³/mol. The first kappa shape index (κ1) is 17.1.